The summed E-state index contributed by atoms with van der Waals surface area (Å²) in [5.74, 6) is 0. The van der Waals surface area contributed by atoms with Crippen LogP contribution in [0.3, 0.4) is 0 Å². The molecule has 1 saturated heterocycles. The SMILES string of the molecule is CCc1nn(C)cc1C(CN)N1CCC(OC)C1. The van der Waals surface area contributed by atoms with E-state index in [2.05, 4.69) is 23.1 Å². The van der Waals surface area contributed by atoms with Gasteiger partial charge in [0.2, 0.25) is 0 Å². The van der Waals surface area contributed by atoms with E-state index in [0.29, 0.717) is 12.6 Å². The molecule has 1 fully saturated rings. The van der Waals surface area contributed by atoms with Gasteiger partial charge in [-0.1, -0.05) is 6.92 Å². The first-order valence-electron chi connectivity index (χ1n) is 6.68. The third kappa shape index (κ3) is 2.58. The number of nitrogens with two attached hydrogens (primary N) is 1. The number of aryl methyl sites for hydroxylation is 2. The number of methoxy groups -OCH3 is 1. The van der Waals surface area contributed by atoms with Crippen molar-refractivity contribution in [2.45, 2.75) is 31.9 Å². The average Bonchev–Trinajstić information content (AvgIpc) is 2.97. The lowest BCUT2D eigenvalue weighted by molar-refractivity contribution is 0.101. The fourth-order valence-electron chi connectivity index (χ4n) is 2.81. The number of hydrogen-bond acceptors (Lipinski definition) is 4. The summed E-state index contributed by atoms with van der Waals surface area (Å²) in [7, 11) is 3.76. The third-order valence-corrected chi connectivity index (χ3v) is 3.81. The lowest BCUT2D eigenvalue weighted by Crippen LogP contribution is -2.33. The molecule has 0 saturated carbocycles. The fraction of sp³-hybridized carbons (Fsp3) is 0.769. The highest BCUT2D eigenvalue weighted by atomic mass is 16.5. The number of aromatic nitrogens is 2. The molecule has 2 heterocycles. The number of nitrogens with zero attached hydrogens (tertiary/aromatic N) is 3. The predicted molar refractivity (Wildman–Crippen MR) is 71.4 cm³/mol. The molecule has 2 N–H and O–H groups in total. The van der Waals surface area contributed by atoms with Gasteiger partial charge < -0.3 is 10.5 Å². The van der Waals surface area contributed by atoms with Crippen LogP contribution in [0.2, 0.25) is 0 Å². The van der Waals surface area contributed by atoms with E-state index in [-0.39, 0.29) is 6.04 Å². The minimum atomic E-state index is 0.272. The van der Waals surface area contributed by atoms with E-state index in [1.54, 1.807) is 7.11 Å². The van der Waals surface area contributed by atoms with Gasteiger partial charge in [-0.2, -0.15) is 5.10 Å². The molecule has 2 unspecified atom stereocenters. The zero-order valence-electron chi connectivity index (χ0n) is 11.6. The normalized spacial score (nSPS) is 22.6. The largest absolute Gasteiger partial charge is 0.380 e. The highest BCUT2D eigenvalue weighted by Gasteiger charge is 2.30. The first-order valence-corrected chi connectivity index (χ1v) is 6.68. The highest BCUT2D eigenvalue weighted by molar-refractivity contribution is 5.22. The van der Waals surface area contributed by atoms with Crippen LogP contribution in [0, 0.1) is 0 Å². The van der Waals surface area contributed by atoms with Crippen molar-refractivity contribution in [1.29, 1.82) is 0 Å². The first-order chi connectivity index (χ1) is 8.69. The minimum Gasteiger partial charge on any atom is -0.380 e. The molecular weight excluding hydrogens is 228 g/mol. The van der Waals surface area contributed by atoms with Crippen LogP contribution in [-0.2, 0) is 18.2 Å². The van der Waals surface area contributed by atoms with Gasteiger partial charge in [0.25, 0.3) is 0 Å². The summed E-state index contributed by atoms with van der Waals surface area (Å²) in [4.78, 5) is 2.42. The Labute approximate surface area is 109 Å². The second-order valence-electron chi connectivity index (χ2n) is 4.95. The molecule has 2 atom stereocenters. The van der Waals surface area contributed by atoms with Gasteiger partial charge in [0, 0.05) is 45.6 Å². The van der Waals surface area contributed by atoms with Crippen LogP contribution in [0.25, 0.3) is 0 Å². The zero-order chi connectivity index (χ0) is 13.1. The van der Waals surface area contributed by atoms with Crippen molar-refractivity contribution in [3.05, 3.63) is 17.5 Å². The van der Waals surface area contributed by atoms with E-state index in [4.69, 9.17) is 10.5 Å². The molecule has 0 spiro atoms. The van der Waals surface area contributed by atoms with Gasteiger partial charge in [0.05, 0.1) is 17.8 Å². The molecule has 0 aromatic carbocycles. The molecule has 0 radical (unpaired) electrons. The molecule has 0 bridgehead atoms. The Hall–Kier alpha value is -0.910. The van der Waals surface area contributed by atoms with Crippen molar-refractivity contribution in [3.63, 3.8) is 0 Å². The summed E-state index contributed by atoms with van der Waals surface area (Å²) in [6.45, 7) is 4.80. The molecule has 5 heteroatoms. The van der Waals surface area contributed by atoms with Gasteiger partial charge in [-0.25, -0.2) is 0 Å². The summed E-state index contributed by atoms with van der Waals surface area (Å²) in [5.41, 5.74) is 8.42. The maximum atomic E-state index is 5.98. The summed E-state index contributed by atoms with van der Waals surface area (Å²) < 4.78 is 7.32. The van der Waals surface area contributed by atoms with Crippen molar-refractivity contribution in [2.24, 2.45) is 12.8 Å². The minimum absolute atomic E-state index is 0.272. The molecule has 1 aliphatic rings. The van der Waals surface area contributed by atoms with Crippen LogP contribution in [-0.4, -0.2) is 47.5 Å². The Kier molecular flexibility index (Phi) is 4.37. The van der Waals surface area contributed by atoms with Crippen molar-refractivity contribution < 1.29 is 4.74 Å². The standard InChI is InChI=1S/C13H24N4O/c1-4-12-11(9-16(2)15-12)13(7-14)17-6-5-10(8-17)18-3/h9-10,13H,4-8,14H2,1-3H3. The quantitative estimate of drug-likeness (QED) is 0.838. The smallest absolute Gasteiger partial charge is 0.0710 e. The maximum absolute atomic E-state index is 5.98. The summed E-state index contributed by atoms with van der Waals surface area (Å²) in [6, 6.07) is 0.272. The van der Waals surface area contributed by atoms with Crippen LogP contribution >= 0.6 is 0 Å². The van der Waals surface area contributed by atoms with Crippen LogP contribution < -0.4 is 5.73 Å². The van der Waals surface area contributed by atoms with Crippen LogP contribution in [0.15, 0.2) is 6.20 Å². The van der Waals surface area contributed by atoms with Gasteiger partial charge in [-0.15, -0.1) is 0 Å². The Morgan fingerprint density at radius 2 is 2.39 bits per heavy atom. The lowest BCUT2D eigenvalue weighted by Gasteiger charge is -2.26. The summed E-state index contributed by atoms with van der Waals surface area (Å²) in [5, 5.41) is 4.51. The third-order valence-electron chi connectivity index (χ3n) is 3.81. The molecule has 1 aromatic heterocycles. The van der Waals surface area contributed by atoms with Crippen LogP contribution in [0.4, 0.5) is 0 Å². The number of rotatable bonds is 5. The highest BCUT2D eigenvalue weighted by Crippen LogP contribution is 2.27. The molecule has 0 aliphatic carbocycles. The Balaban J connectivity index is 2.17. The van der Waals surface area contributed by atoms with Crippen molar-refractivity contribution >= 4 is 0 Å². The second-order valence-corrected chi connectivity index (χ2v) is 4.95. The van der Waals surface area contributed by atoms with Gasteiger partial charge in [-0.05, 0) is 12.8 Å². The Morgan fingerprint density at radius 1 is 1.61 bits per heavy atom. The van der Waals surface area contributed by atoms with Crippen LogP contribution in [0.5, 0.6) is 0 Å². The molecule has 102 valence electrons. The summed E-state index contributed by atoms with van der Waals surface area (Å²) in [6.07, 6.45) is 4.50. The zero-order valence-corrected chi connectivity index (χ0v) is 11.6. The monoisotopic (exact) mass is 252 g/mol. The topological polar surface area (TPSA) is 56.3 Å². The predicted octanol–water partition coefficient (Wildman–Crippen LogP) is 0.703. The molecule has 1 aromatic rings. The van der Waals surface area contributed by atoms with Crippen LogP contribution in [0.1, 0.15) is 30.6 Å². The number of hydrogen-bond donors (Lipinski definition) is 1. The van der Waals surface area contributed by atoms with E-state index in [9.17, 15) is 0 Å². The summed E-state index contributed by atoms with van der Waals surface area (Å²) >= 11 is 0. The molecule has 0 amide bonds. The van der Waals surface area contributed by atoms with E-state index >= 15 is 0 Å². The van der Waals surface area contributed by atoms with Crippen molar-refractivity contribution in [2.75, 3.05) is 26.7 Å². The van der Waals surface area contributed by atoms with Crippen molar-refractivity contribution in [1.82, 2.24) is 14.7 Å². The average molecular weight is 252 g/mol. The van der Waals surface area contributed by atoms with Gasteiger partial charge in [0.15, 0.2) is 0 Å². The van der Waals surface area contributed by atoms with Crippen molar-refractivity contribution in [3.8, 4) is 0 Å². The van der Waals surface area contributed by atoms with Gasteiger partial charge in [-0.3, -0.25) is 9.58 Å². The van der Waals surface area contributed by atoms with E-state index in [0.717, 1.165) is 31.6 Å². The Bertz CT molecular complexity index is 390. The molecule has 1 aliphatic heterocycles. The maximum Gasteiger partial charge on any atom is 0.0710 e. The first kappa shape index (κ1) is 13.5. The van der Waals surface area contributed by atoms with E-state index < -0.39 is 0 Å². The Morgan fingerprint density at radius 3 is 2.94 bits per heavy atom. The lowest BCUT2D eigenvalue weighted by atomic mass is 10.1. The van der Waals surface area contributed by atoms with E-state index in [1.165, 1.54) is 5.56 Å². The second kappa shape index (κ2) is 5.82. The van der Waals surface area contributed by atoms with Gasteiger partial charge in [0.1, 0.15) is 0 Å². The fourth-order valence-corrected chi connectivity index (χ4v) is 2.81. The number of likely N-dealkylation sites (tertiary alicyclic amines) is 1. The molecular formula is C13H24N4O. The molecule has 5 nitrogen and oxygen atoms in total. The number of ether oxygens (including phenoxy) is 1. The molecule has 2 rings (SSSR count). The molecule has 18 heavy (non-hydrogen) atoms. The van der Waals surface area contributed by atoms with Gasteiger partial charge >= 0.3 is 0 Å². The van der Waals surface area contributed by atoms with E-state index in [1.807, 2.05) is 11.7 Å².